The number of hydrogen-bond acceptors (Lipinski definition) is 2. The molecule has 0 saturated carbocycles. The van der Waals surface area contributed by atoms with E-state index in [9.17, 15) is 13.9 Å². The van der Waals surface area contributed by atoms with Crippen LogP contribution in [-0.2, 0) is 6.42 Å². The van der Waals surface area contributed by atoms with Gasteiger partial charge in [0.25, 0.3) is 0 Å². The second kappa shape index (κ2) is 6.07. The van der Waals surface area contributed by atoms with Crippen molar-refractivity contribution in [3.8, 4) is 0 Å². The summed E-state index contributed by atoms with van der Waals surface area (Å²) in [6.07, 6.45) is -0.871. The third-order valence-corrected chi connectivity index (χ3v) is 3.62. The van der Waals surface area contributed by atoms with Crippen molar-refractivity contribution in [3.63, 3.8) is 0 Å². The highest BCUT2D eigenvalue weighted by Crippen LogP contribution is 2.26. The van der Waals surface area contributed by atoms with E-state index in [-0.39, 0.29) is 6.42 Å². The van der Waals surface area contributed by atoms with Crippen molar-refractivity contribution in [1.29, 1.82) is 0 Å². The van der Waals surface area contributed by atoms with Gasteiger partial charge < -0.3 is 5.11 Å². The molecule has 0 fully saturated rings. The molecule has 19 heavy (non-hydrogen) atoms. The molecule has 0 aliphatic carbocycles. The molecule has 1 atom stereocenters. The number of benzene rings is 1. The van der Waals surface area contributed by atoms with Gasteiger partial charge in [-0.2, -0.15) is 0 Å². The predicted octanol–water partition coefficient (Wildman–Crippen LogP) is 4.16. The maximum atomic E-state index is 13.1. The Kier molecular flexibility index (Phi) is 4.65. The van der Waals surface area contributed by atoms with E-state index in [4.69, 9.17) is 0 Å². The fourth-order valence-electron chi connectivity index (χ4n) is 1.72. The zero-order valence-corrected chi connectivity index (χ0v) is 12.7. The number of nitrogens with zero attached hydrogens (tertiary/aromatic N) is 1. The van der Waals surface area contributed by atoms with Crippen LogP contribution in [-0.4, -0.2) is 10.1 Å². The van der Waals surface area contributed by atoms with Crippen LogP contribution in [0.1, 0.15) is 17.4 Å². The van der Waals surface area contributed by atoms with Crippen LogP contribution in [0.2, 0.25) is 0 Å². The Morgan fingerprint density at radius 1 is 1.11 bits per heavy atom. The molecule has 0 saturated heterocycles. The molecule has 1 aromatic heterocycles. The Labute approximate surface area is 125 Å². The van der Waals surface area contributed by atoms with Crippen molar-refractivity contribution >= 4 is 31.9 Å². The van der Waals surface area contributed by atoms with E-state index in [1.165, 1.54) is 12.1 Å². The molecule has 2 rings (SSSR count). The summed E-state index contributed by atoms with van der Waals surface area (Å²) in [5, 5.41) is 10.1. The van der Waals surface area contributed by atoms with E-state index < -0.39 is 17.7 Å². The molecule has 2 aromatic rings. The van der Waals surface area contributed by atoms with Crippen molar-refractivity contribution in [2.75, 3.05) is 0 Å². The summed E-state index contributed by atoms with van der Waals surface area (Å²) in [7, 11) is 0. The molecule has 1 heterocycles. The SMILES string of the molecule is OC(Cc1cc(F)cc(F)c1)c1nc(Br)ccc1Br. The Hall–Kier alpha value is -0.850. The lowest BCUT2D eigenvalue weighted by molar-refractivity contribution is 0.172. The molecule has 0 aliphatic heterocycles. The first-order chi connectivity index (χ1) is 8.95. The van der Waals surface area contributed by atoms with E-state index in [2.05, 4.69) is 36.8 Å². The third kappa shape index (κ3) is 3.81. The minimum atomic E-state index is -0.951. The van der Waals surface area contributed by atoms with Gasteiger partial charge in [0.1, 0.15) is 22.3 Å². The fourth-order valence-corrected chi connectivity index (χ4v) is 2.52. The van der Waals surface area contributed by atoms with Crippen molar-refractivity contribution in [2.24, 2.45) is 0 Å². The molecule has 1 unspecified atom stereocenters. The summed E-state index contributed by atoms with van der Waals surface area (Å²) in [5.74, 6) is -1.33. The van der Waals surface area contributed by atoms with Gasteiger partial charge in [-0.25, -0.2) is 13.8 Å². The van der Waals surface area contributed by atoms with E-state index in [0.717, 1.165) is 6.07 Å². The summed E-state index contributed by atoms with van der Waals surface area (Å²) in [5.41, 5.74) is 0.790. The van der Waals surface area contributed by atoms with Gasteiger partial charge in [-0.1, -0.05) is 0 Å². The van der Waals surface area contributed by atoms with Crippen LogP contribution in [0.5, 0.6) is 0 Å². The number of halogens is 4. The third-order valence-electron chi connectivity index (χ3n) is 2.51. The lowest BCUT2D eigenvalue weighted by Gasteiger charge is -2.12. The van der Waals surface area contributed by atoms with Crippen LogP contribution >= 0.6 is 31.9 Å². The Morgan fingerprint density at radius 3 is 2.37 bits per heavy atom. The molecule has 0 aliphatic rings. The van der Waals surface area contributed by atoms with Crippen LogP contribution in [0.4, 0.5) is 8.78 Å². The highest BCUT2D eigenvalue weighted by molar-refractivity contribution is 9.11. The second-order valence-corrected chi connectivity index (χ2v) is 5.67. The molecular weight excluding hydrogens is 384 g/mol. The van der Waals surface area contributed by atoms with Crippen molar-refractivity contribution in [2.45, 2.75) is 12.5 Å². The molecular formula is C13H9Br2F2NO. The molecule has 0 amide bonds. The molecule has 0 spiro atoms. The Balaban J connectivity index is 2.25. The quantitative estimate of drug-likeness (QED) is 0.795. The van der Waals surface area contributed by atoms with Gasteiger partial charge >= 0.3 is 0 Å². The van der Waals surface area contributed by atoms with Gasteiger partial charge in [0.05, 0.1) is 5.69 Å². The van der Waals surface area contributed by atoms with Gasteiger partial charge in [-0.05, 0) is 61.7 Å². The lowest BCUT2D eigenvalue weighted by Crippen LogP contribution is -2.06. The fraction of sp³-hybridized carbons (Fsp3) is 0.154. The highest BCUT2D eigenvalue weighted by Gasteiger charge is 2.15. The standard InChI is InChI=1S/C13H9Br2F2NO/c14-10-1-2-12(15)18-13(10)11(19)5-7-3-8(16)6-9(17)4-7/h1-4,6,11,19H,5H2. The minimum absolute atomic E-state index is 0.0801. The molecule has 6 heteroatoms. The van der Waals surface area contributed by atoms with E-state index in [1.54, 1.807) is 12.1 Å². The molecule has 1 aromatic carbocycles. The monoisotopic (exact) mass is 391 g/mol. The number of aliphatic hydroxyl groups excluding tert-OH is 1. The number of rotatable bonds is 3. The van der Waals surface area contributed by atoms with Crippen LogP contribution in [0.15, 0.2) is 39.4 Å². The Morgan fingerprint density at radius 2 is 1.74 bits per heavy atom. The molecule has 2 nitrogen and oxygen atoms in total. The molecule has 0 radical (unpaired) electrons. The highest BCUT2D eigenvalue weighted by atomic mass is 79.9. The van der Waals surface area contributed by atoms with E-state index >= 15 is 0 Å². The first kappa shape index (κ1) is 14.6. The number of aliphatic hydroxyl groups is 1. The first-order valence-electron chi connectivity index (χ1n) is 5.40. The van der Waals surface area contributed by atoms with E-state index in [0.29, 0.717) is 20.3 Å². The molecule has 100 valence electrons. The molecule has 0 bridgehead atoms. The Bertz CT molecular complexity index is 587. The van der Waals surface area contributed by atoms with E-state index in [1.807, 2.05) is 0 Å². The van der Waals surface area contributed by atoms with Crippen LogP contribution in [0.25, 0.3) is 0 Å². The summed E-state index contributed by atoms with van der Waals surface area (Å²) >= 11 is 6.49. The normalized spacial score (nSPS) is 12.5. The lowest BCUT2D eigenvalue weighted by atomic mass is 10.0. The minimum Gasteiger partial charge on any atom is -0.386 e. The molecule has 1 N–H and O–H groups in total. The maximum Gasteiger partial charge on any atom is 0.126 e. The predicted molar refractivity (Wildman–Crippen MR) is 74.7 cm³/mol. The van der Waals surface area contributed by atoms with Crippen molar-refractivity contribution < 1.29 is 13.9 Å². The largest absolute Gasteiger partial charge is 0.386 e. The van der Waals surface area contributed by atoms with Gasteiger partial charge in [-0.3, -0.25) is 0 Å². The van der Waals surface area contributed by atoms with Crippen LogP contribution in [0.3, 0.4) is 0 Å². The number of hydrogen-bond donors (Lipinski definition) is 1. The summed E-state index contributed by atoms with van der Waals surface area (Å²) in [6.45, 7) is 0. The zero-order chi connectivity index (χ0) is 14.0. The van der Waals surface area contributed by atoms with Crippen LogP contribution in [0, 0.1) is 11.6 Å². The van der Waals surface area contributed by atoms with Crippen molar-refractivity contribution in [1.82, 2.24) is 4.98 Å². The second-order valence-electron chi connectivity index (χ2n) is 4.00. The van der Waals surface area contributed by atoms with Gasteiger partial charge in [0.2, 0.25) is 0 Å². The number of pyridine rings is 1. The summed E-state index contributed by atoms with van der Waals surface area (Å²) in [4.78, 5) is 4.15. The summed E-state index contributed by atoms with van der Waals surface area (Å²) in [6, 6.07) is 6.64. The smallest absolute Gasteiger partial charge is 0.126 e. The topological polar surface area (TPSA) is 33.1 Å². The van der Waals surface area contributed by atoms with Crippen molar-refractivity contribution in [3.05, 3.63) is 62.3 Å². The van der Waals surface area contributed by atoms with Crippen LogP contribution < -0.4 is 0 Å². The number of aromatic nitrogens is 1. The maximum absolute atomic E-state index is 13.1. The average molecular weight is 393 g/mol. The van der Waals surface area contributed by atoms with Gasteiger partial charge in [0.15, 0.2) is 0 Å². The van der Waals surface area contributed by atoms with Gasteiger partial charge in [-0.15, -0.1) is 0 Å². The summed E-state index contributed by atoms with van der Waals surface area (Å²) < 4.78 is 27.4. The average Bonchev–Trinajstić information content (AvgIpc) is 2.30. The van der Waals surface area contributed by atoms with Gasteiger partial charge in [0, 0.05) is 17.0 Å². The zero-order valence-electron chi connectivity index (χ0n) is 9.58. The first-order valence-corrected chi connectivity index (χ1v) is 6.99.